The number of aromatic nitrogens is 1. The van der Waals surface area contributed by atoms with E-state index in [1.165, 1.54) is 38.5 Å². The van der Waals surface area contributed by atoms with Crippen molar-refractivity contribution in [1.82, 2.24) is 4.57 Å². The maximum Gasteiger partial charge on any atom is 0.143 e. The van der Waals surface area contributed by atoms with E-state index in [1.54, 1.807) is 0 Å². The van der Waals surface area contributed by atoms with Crippen molar-refractivity contribution in [2.24, 2.45) is 0 Å². The highest BCUT2D eigenvalue weighted by atomic mass is 16.3. The minimum absolute atomic E-state index is 0.899. The highest BCUT2D eigenvalue weighted by Crippen LogP contribution is 2.44. The van der Waals surface area contributed by atoms with Crippen LogP contribution in [0, 0.1) is 0 Å². The topological polar surface area (TPSA) is 21.3 Å². The van der Waals surface area contributed by atoms with Crippen LogP contribution in [0.3, 0.4) is 0 Å². The van der Waals surface area contributed by atoms with Gasteiger partial charge in [0.25, 0.3) is 0 Å². The van der Waals surface area contributed by atoms with Crippen molar-refractivity contribution in [2.45, 2.75) is 0 Å². The van der Waals surface area contributed by atoms with E-state index in [9.17, 15) is 0 Å². The molecular formula is C66H44N2O. The van der Waals surface area contributed by atoms with Crippen molar-refractivity contribution in [1.29, 1.82) is 0 Å². The van der Waals surface area contributed by atoms with Crippen molar-refractivity contribution in [3.63, 3.8) is 0 Å². The molecule has 0 aliphatic rings. The predicted molar refractivity (Wildman–Crippen MR) is 290 cm³/mol. The van der Waals surface area contributed by atoms with E-state index in [0.29, 0.717) is 0 Å². The van der Waals surface area contributed by atoms with E-state index in [1.807, 2.05) is 12.1 Å². The van der Waals surface area contributed by atoms with Crippen LogP contribution in [0.2, 0.25) is 0 Å². The summed E-state index contributed by atoms with van der Waals surface area (Å²) in [5.41, 5.74) is 20.0. The van der Waals surface area contributed by atoms with Gasteiger partial charge in [-0.2, -0.15) is 0 Å². The molecule has 324 valence electrons. The molecular weight excluding hydrogens is 837 g/mol. The lowest BCUT2D eigenvalue weighted by molar-refractivity contribution is 0.670. The van der Waals surface area contributed by atoms with Crippen molar-refractivity contribution >= 4 is 60.8 Å². The third kappa shape index (κ3) is 7.08. The third-order valence-electron chi connectivity index (χ3n) is 13.6. The van der Waals surface area contributed by atoms with Gasteiger partial charge >= 0.3 is 0 Å². The van der Waals surface area contributed by atoms with Crippen molar-refractivity contribution < 1.29 is 4.42 Å². The fraction of sp³-hybridized carbons (Fsp3) is 0. The zero-order valence-corrected chi connectivity index (χ0v) is 37.7. The molecule has 0 radical (unpaired) electrons. The van der Waals surface area contributed by atoms with Gasteiger partial charge < -0.3 is 13.9 Å². The normalized spacial score (nSPS) is 11.5. The van der Waals surface area contributed by atoms with Crippen molar-refractivity contribution in [3.05, 3.63) is 267 Å². The molecule has 0 saturated carbocycles. The maximum atomic E-state index is 6.53. The molecule has 2 heterocycles. The molecule has 0 aliphatic heterocycles. The van der Waals surface area contributed by atoms with Crippen LogP contribution in [0.4, 0.5) is 17.1 Å². The second kappa shape index (κ2) is 16.9. The standard InChI is InChI=1S/C66H44N2O/c1-3-17-45(18-4-1)49-21-15-22-53(43-49)67(51-38-33-47(34-39-51)54-23-7-8-24-56(54)60-28-16-29-61-59-27-11-14-32-65(59)69-66(60)61)52-40-35-48(36-41-52)55-42-37-50(46-19-5-2-6-20-46)44-64(55)68-62-30-12-9-25-57(62)58-26-10-13-31-63(58)68/h1-44H. The van der Waals surface area contributed by atoms with Gasteiger partial charge in [-0.15, -0.1) is 0 Å². The Balaban J connectivity index is 0.930. The molecule has 0 saturated heterocycles. The molecule has 0 N–H and O–H groups in total. The van der Waals surface area contributed by atoms with Gasteiger partial charge in [-0.3, -0.25) is 0 Å². The summed E-state index contributed by atoms with van der Waals surface area (Å²) in [5.74, 6) is 0. The number of benzene rings is 11. The van der Waals surface area contributed by atoms with Crippen LogP contribution in [0.1, 0.15) is 0 Å². The smallest absolute Gasteiger partial charge is 0.143 e. The highest BCUT2D eigenvalue weighted by molar-refractivity contribution is 6.11. The van der Waals surface area contributed by atoms with Crippen molar-refractivity contribution in [3.8, 4) is 61.3 Å². The predicted octanol–water partition coefficient (Wildman–Crippen LogP) is 18.5. The van der Waals surface area contributed by atoms with E-state index in [2.05, 4.69) is 264 Å². The molecule has 0 spiro atoms. The molecule has 0 unspecified atom stereocenters. The Kier molecular flexibility index (Phi) is 9.84. The van der Waals surface area contributed by atoms with Crippen molar-refractivity contribution in [2.75, 3.05) is 4.90 Å². The number of hydrogen-bond acceptors (Lipinski definition) is 2. The Morgan fingerprint density at radius 1 is 0.275 bits per heavy atom. The van der Waals surface area contributed by atoms with Crippen LogP contribution in [0.25, 0.3) is 105 Å². The zero-order valence-electron chi connectivity index (χ0n) is 37.7. The van der Waals surface area contributed by atoms with Gasteiger partial charge in [0.1, 0.15) is 11.2 Å². The maximum absolute atomic E-state index is 6.53. The van der Waals surface area contributed by atoms with Gasteiger partial charge in [0.15, 0.2) is 0 Å². The fourth-order valence-electron chi connectivity index (χ4n) is 10.4. The van der Waals surface area contributed by atoms with Gasteiger partial charge in [-0.25, -0.2) is 0 Å². The molecule has 69 heavy (non-hydrogen) atoms. The lowest BCUT2D eigenvalue weighted by Crippen LogP contribution is -2.10. The average molecular weight is 881 g/mol. The lowest BCUT2D eigenvalue weighted by Gasteiger charge is -2.27. The summed E-state index contributed by atoms with van der Waals surface area (Å²) < 4.78 is 8.97. The lowest BCUT2D eigenvalue weighted by atomic mass is 9.93. The Morgan fingerprint density at radius 3 is 1.42 bits per heavy atom. The molecule has 13 rings (SSSR count). The van der Waals surface area contributed by atoms with Gasteiger partial charge in [-0.1, -0.05) is 206 Å². The summed E-state index contributed by atoms with van der Waals surface area (Å²) in [5, 5.41) is 4.74. The number of furan rings is 1. The highest BCUT2D eigenvalue weighted by Gasteiger charge is 2.20. The second-order valence-corrected chi connectivity index (χ2v) is 17.6. The third-order valence-corrected chi connectivity index (χ3v) is 13.6. The monoisotopic (exact) mass is 880 g/mol. The molecule has 0 bridgehead atoms. The van der Waals surface area contributed by atoms with E-state index >= 15 is 0 Å². The molecule has 3 heteroatoms. The first-order valence-electron chi connectivity index (χ1n) is 23.6. The van der Waals surface area contributed by atoms with E-state index < -0.39 is 0 Å². The number of nitrogens with zero attached hydrogens (tertiary/aromatic N) is 2. The SMILES string of the molecule is c1ccc(-c2cccc(N(c3ccc(-c4ccccc4-c4cccc5c4oc4ccccc45)cc3)c3ccc(-c4ccc(-c5ccccc5)cc4-n4c5ccccc5c5ccccc54)cc3)c2)cc1. The summed E-state index contributed by atoms with van der Waals surface area (Å²) in [4.78, 5) is 2.37. The molecule has 0 amide bonds. The number of hydrogen-bond donors (Lipinski definition) is 0. The number of anilines is 3. The largest absolute Gasteiger partial charge is 0.455 e. The van der Waals surface area contributed by atoms with Crippen LogP contribution >= 0.6 is 0 Å². The summed E-state index contributed by atoms with van der Waals surface area (Å²) in [6.07, 6.45) is 0. The molecule has 0 atom stereocenters. The molecule has 3 nitrogen and oxygen atoms in total. The van der Waals surface area contributed by atoms with Gasteiger partial charge in [0, 0.05) is 49.7 Å². The fourth-order valence-corrected chi connectivity index (χ4v) is 10.4. The quantitative estimate of drug-likeness (QED) is 0.144. The van der Waals surface area contributed by atoms with Gasteiger partial charge in [0.2, 0.25) is 0 Å². The molecule has 11 aromatic carbocycles. The summed E-state index contributed by atoms with van der Waals surface area (Å²) in [6, 6.07) is 96.1. The summed E-state index contributed by atoms with van der Waals surface area (Å²) in [7, 11) is 0. The summed E-state index contributed by atoms with van der Waals surface area (Å²) >= 11 is 0. The molecule has 2 aromatic heterocycles. The van der Waals surface area contributed by atoms with Crippen LogP contribution in [-0.4, -0.2) is 4.57 Å². The second-order valence-electron chi connectivity index (χ2n) is 17.6. The first kappa shape index (κ1) is 40.1. The minimum atomic E-state index is 0.899. The number of fused-ring (bicyclic) bond motifs is 6. The minimum Gasteiger partial charge on any atom is -0.455 e. The number of para-hydroxylation sites is 4. The van der Waals surface area contributed by atoms with E-state index in [4.69, 9.17) is 4.42 Å². The Morgan fingerprint density at radius 2 is 0.754 bits per heavy atom. The van der Waals surface area contributed by atoms with Crippen LogP contribution in [0.5, 0.6) is 0 Å². The van der Waals surface area contributed by atoms with E-state index in [0.717, 1.165) is 83.6 Å². The van der Waals surface area contributed by atoms with Crippen LogP contribution in [-0.2, 0) is 0 Å². The molecule has 0 fully saturated rings. The Bertz CT molecular complexity index is 3940. The average Bonchev–Trinajstić information content (AvgIpc) is 3.98. The van der Waals surface area contributed by atoms with Crippen LogP contribution < -0.4 is 4.90 Å². The van der Waals surface area contributed by atoms with E-state index in [-0.39, 0.29) is 0 Å². The zero-order chi connectivity index (χ0) is 45.7. The van der Waals surface area contributed by atoms with Gasteiger partial charge in [0.05, 0.1) is 16.7 Å². The Labute approximate surface area is 401 Å². The Hall–Kier alpha value is -9.18. The van der Waals surface area contributed by atoms with Crippen LogP contribution in [0.15, 0.2) is 271 Å². The first-order chi connectivity index (χ1) is 34.2. The molecule has 13 aromatic rings. The summed E-state index contributed by atoms with van der Waals surface area (Å²) in [6.45, 7) is 0. The molecule has 0 aliphatic carbocycles. The number of rotatable bonds is 9. The van der Waals surface area contributed by atoms with Gasteiger partial charge in [-0.05, 0) is 105 Å². The first-order valence-corrected chi connectivity index (χ1v) is 23.6.